The zero-order valence-corrected chi connectivity index (χ0v) is 10.1. The summed E-state index contributed by atoms with van der Waals surface area (Å²) in [5.74, 6) is -0.321. The van der Waals surface area contributed by atoms with E-state index >= 15 is 0 Å². The molecule has 0 amide bonds. The first-order valence-electron chi connectivity index (χ1n) is 5.96. The third-order valence-electron chi connectivity index (χ3n) is 3.14. The van der Waals surface area contributed by atoms with E-state index in [1.165, 1.54) is 13.5 Å². The third kappa shape index (κ3) is 2.35. The lowest BCUT2D eigenvalue weighted by Crippen LogP contribution is -2.31. The van der Waals surface area contributed by atoms with Crippen LogP contribution in [0.3, 0.4) is 0 Å². The number of hydrogen-bond donors (Lipinski definition) is 1. The first kappa shape index (κ1) is 11.8. The summed E-state index contributed by atoms with van der Waals surface area (Å²) in [5.41, 5.74) is 8.04. The zero-order valence-electron chi connectivity index (χ0n) is 10.1. The number of nitrogens with two attached hydrogens (primary N) is 1. The number of ether oxygens (including phenoxy) is 1. The molecule has 0 radical (unpaired) electrons. The summed E-state index contributed by atoms with van der Waals surface area (Å²) in [6.07, 6.45) is 3.54. The van der Waals surface area contributed by atoms with Crippen LogP contribution in [0.2, 0.25) is 0 Å². The number of benzene rings is 1. The van der Waals surface area contributed by atoms with Crippen LogP contribution in [-0.4, -0.2) is 26.2 Å². The van der Waals surface area contributed by atoms with Crippen molar-refractivity contribution in [1.82, 2.24) is 0 Å². The Labute approximate surface area is 101 Å². The van der Waals surface area contributed by atoms with Gasteiger partial charge in [-0.05, 0) is 31.4 Å². The lowest BCUT2D eigenvalue weighted by Gasteiger charge is -2.31. The number of nitrogen functional groups attached to an aromatic ring is 1. The maximum absolute atomic E-state index is 11.7. The van der Waals surface area contributed by atoms with Crippen molar-refractivity contribution in [2.45, 2.75) is 19.3 Å². The molecule has 4 heteroatoms. The van der Waals surface area contributed by atoms with Gasteiger partial charge in [-0.25, -0.2) is 4.79 Å². The largest absolute Gasteiger partial charge is 0.465 e. The number of carbonyl (C=O) groups is 1. The van der Waals surface area contributed by atoms with Crippen LogP contribution in [0.25, 0.3) is 0 Å². The maximum Gasteiger partial charge on any atom is 0.340 e. The highest BCUT2D eigenvalue weighted by Crippen LogP contribution is 2.30. The van der Waals surface area contributed by atoms with E-state index in [9.17, 15) is 4.79 Å². The molecule has 0 atom stereocenters. The number of para-hydroxylation sites is 1. The molecule has 2 N–H and O–H groups in total. The number of anilines is 2. The Morgan fingerprint density at radius 2 is 2.00 bits per heavy atom. The Bertz CT molecular complexity index is 412. The van der Waals surface area contributed by atoms with Crippen LogP contribution in [0.15, 0.2) is 18.2 Å². The highest BCUT2D eigenvalue weighted by Gasteiger charge is 2.20. The van der Waals surface area contributed by atoms with Crippen molar-refractivity contribution in [3.8, 4) is 0 Å². The summed E-state index contributed by atoms with van der Waals surface area (Å²) in [7, 11) is 1.39. The fourth-order valence-electron chi connectivity index (χ4n) is 2.31. The maximum atomic E-state index is 11.7. The number of methoxy groups -OCH3 is 1. The quantitative estimate of drug-likeness (QED) is 0.628. The average molecular weight is 234 g/mol. The molecule has 4 nitrogen and oxygen atoms in total. The lowest BCUT2D eigenvalue weighted by atomic mass is 10.1. The molecule has 92 valence electrons. The normalized spacial score (nSPS) is 15.7. The van der Waals surface area contributed by atoms with Crippen LogP contribution in [-0.2, 0) is 4.74 Å². The van der Waals surface area contributed by atoms with Gasteiger partial charge < -0.3 is 15.4 Å². The van der Waals surface area contributed by atoms with Gasteiger partial charge in [-0.2, -0.15) is 0 Å². The van der Waals surface area contributed by atoms with Gasteiger partial charge in [0.2, 0.25) is 0 Å². The van der Waals surface area contributed by atoms with E-state index in [0.29, 0.717) is 11.3 Å². The molecular formula is C13H18N2O2. The van der Waals surface area contributed by atoms with Crippen LogP contribution < -0.4 is 10.6 Å². The molecule has 0 unspecified atom stereocenters. The van der Waals surface area contributed by atoms with Crippen LogP contribution in [0.1, 0.15) is 29.6 Å². The van der Waals surface area contributed by atoms with Gasteiger partial charge in [-0.1, -0.05) is 6.07 Å². The van der Waals surface area contributed by atoms with Crippen molar-refractivity contribution >= 4 is 17.3 Å². The molecule has 0 aromatic heterocycles. The molecule has 0 spiro atoms. The van der Waals surface area contributed by atoms with E-state index in [1.807, 2.05) is 6.07 Å². The van der Waals surface area contributed by atoms with Crippen molar-refractivity contribution in [3.63, 3.8) is 0 Å². The third-order valence-corrected chi connectivity index (χ3v) is 3.14. The minimum Gasteiger partial charge on any atom is -0.465 e. The van der Waals surface area contributed by atoms with Crippen LogP contribution in [0, 0.1) is 0 Å². The molecule has 1 heterocycles. The fourth-order valence-corrected chi connectivity index (χ4v) is 2.31. The number of esters is 1. The standard InChI is InChI=1S/C13H18N2O2/c1-17-13(16)10-6-5-7-11(14)12(10)15-8-3-2-4-9-15/h5-7H,2-4,8-9,14H2,1H3. The number of rotatable bonds is 2. The van der Waals surface area contributed by atoms with Crippen LogP contribution in [0.4, 0.5) is 11.4 Å². The van der Waals surface area contributed by atoms with E-state index in [1.54, 1.807) is 12.1 Å². The fraction of sp³-hybridized carbons (Fsp3) is 0.462. The smallest absolute Gasteiger partial charge is 0.340 e. The summed E-state index contributed by atoms with van der Waals surface area (Å²) in [5, 5.41) is 0. The van der Waals surface area contributed by atoms with E-state index in [2.05, 4.69) is 4.90 Å². The predicted molar refractivity (Wildman–Crippen MR) is 68.3 cm³/mol. The summed E-state index contributed by atoms with van der Waals surface area (Å²) in [6.45, 7) is 1.91. The van der Waals surface area contributed by atoms with Crippen molar-refractivity contribution < 1.29 is 9.53 Å². The Morgan fingerprint density at radius 1 is 1.29 bits per heavy atom. The van der Waals surface area contributed by atoms with Gasteiger partial charge in [-0.15, -0.1) is 0 Å². The van der Waals surface area contributed by atoms with Gasteiger partial charge in [0.1, 0.15) is 0 Å². The Morgan fingerprint density at radius 3 is 2.65 bits per heavy atom. The summed E-state index contributed by atoms with van der Waals surface area (Å²) < 4.78 is 4.80. The Hall–Kier alpha value is -1.71. The van der Waals surface area contributed by atoms with Crippen molar-refractivity contribution in [3.05, 3.63) is 23.8 Å². The minimum atomic E-state index is -0.321. The van der Waals surface area contributed by atoms with Gasteiger partial charge in [-0.3, -0.25) is 0 Å². The zero-order chi connectivity index (χ0) is 12.3. The average Bonchev–Trinajstić information content (AvgIpc) is 2.38. The number of hydrogen-bond acceptors (Lipinski definition) is 4. The van der Waals surface area contributed by atoms with Crippen molar-refractivity contribution in [2.75, 3.05) is 30.8 Å². The Balaban J connectivity index is 2.39. The molecule has 0 bridgehead atoms. The second kappa shape index (κ2) is 5.08. The van der Waals surface area contributed by atoms with Crippen molar-refractivity contribution in [1.29, 1.82) is 0 Å². The highest BCUT2D eigenvalue weighted by molar-refractivity contribution is 5.99. The predicted octanol–water partition coefficient (Wildman–Crippen LogP) is 2.05. The monoisotopic (exact) mass is 234 g/mol. The molecule has 1 aliphatic heterocycles. The van der Waals surface area contributed by atoms with Gasteiger partial charge in [0, 0.05) is 13.1 Å². The second-order valence-electron chi connectivity index (χ2n) is 4.28. The lowest BCUT2D eigenvalue weighted by molar-refractivity contribution is 0.0601. The molecular weight excluding hydrogens is 216 g/mol. The Kier molecular flexibility index (Phi) is 3.52. The molecule has 1 aromatic rings. The van der Waals surface area contributed by atoms with Gasteiger partial charge in [0.25, 0.3) is 0 Å². The van der Waals surface area contributed by atoms with Gasteiger partial charge >= 0.3 is 5.97 Å². The first-order valence-corrected chi connectivity index (χ1v) is 5.96. The second-order valence-corrected chi connectivity index (χ2v) is 4.28. The first-order chi connectivity index (χ1) is 8.24. The van der Waals surface area contributed by atoms with Crippen LogP contribution >= 0.6 is 0 Å². The van der Waals surface area contributed by atoms with E-state index in [0.717, 1.165) is 31.6 Å². The van der Waals surface area contributed by atoms with Gasteiger partial charge in [0.05, 0.1) is 24.0 Å². The van der Waals surface area contributed by atoms with Gasteiger partial charge in [0.15, 0.2) is 0 Å². The molecule has 0 saturated carbocycles. The number of piperidine rings is 1. The molecule has 1 saturated heterocycles. The molecule has 17 heavy (non-hydrogen) atoms. The molecule has 2 rings (SSSR count). The number of nitrogens with zero attached hydrogens (tertiary/aromatic N) is 1. The summed E-state index contributed by atoms with van der Waals surface area (Å²) >= 11 is 0. The van der Waals surface area contributed by atoms with Crippen LogP contribution in [0.5, 0.6) is 0 Å². The highest BCUT2D eigenvalue weighted by atomic mass is 16.5. The number of carbonyl (C=O) groups excluding carboxylic acids is 1. The minimum absolute atomic E-state index is 0.321. The van der Waals surface area contributed by atoms with Crippen molar-refractivity contribution in [2.24, 2.45) is 0 Å². The van der Waals surface area contributed by atoms with E-state index in [4.69, 9.17) is 10.5 Å². The van der Waals surface area contributed by atoms with E-state index < -0.39 is 0 Å². The summed E-state index contributed by atoms with van der Waals surface area (Å²) in [4.78, 5) is 13.9. The van der Waals surface area contributed by atoms with E-state index in [-0.39, 0.29) is 5.97 Å². The SMILES string of the molecule is COC(=O)c1cccc(N)c1N1CCCCC1. The molecule has 0 aliphatic carbocycles. The summed E-state index contributed by atoms with van der Waals surface area (Å²) in [6, 6.07) is 5.39. The topological polar surface area (TPSA) is 55.6 Å². The molecule has 1 aliphatic rings. The molecule has 1 aromatic carbocycles. The molecule has 1 fully saturated rings.